The van der Waals surface area contributed by atoms with Gasteiger partial charge in [-0.05, 0) is 76.5 Å². The maximum Gasteiger partial charge on any atom is 0.410 e. The summed E-state index contributed by atoms with van der Waals surface area (Å²) >= 11 is 0. The van der Waals surface area contributed by atoms with E-state index in [-0.39, 0.29) is 12.3 Å². The Morgan fingerprint density at radius 1 is 1.14 bits per heavy atom. The first-order chi connectivity index (χ1) is 16.8. The molecule has 194 valence electrons. The Balaban J connectivity index is 1.41. The molecule has 1 saturated carbocycles. The van der Waals surface area contributed by atoms with Crippen LogP contribution >= 0.6 is 0 Å². The summed E-state index contributed by atoms with van der Waals surface area (Å²) in [6.07, 6.45) is 10.6. The Morgan fingerprint density at radius 2 is 1.91 bits per heavy atom. The molecule has 2 aromatic rings. The maximum absolute atomic E-state index is 12.2. The van der Waals surface area contributed by atoms with Crippen molar-refractivity contribution in [2.45, 2.75) is 96.3 Å². The van der Waals surface area contributed by atoms with E-state index in [1.807, 2.05) is 20.8 Å². The van der Waals surface area contributed by atoms with E-state index in [9.17, 15) is 4.79 Å². The molecule has 1 amide bonds. The Labute approximate surface area is 210 Å². The molecule has 2 fully saturated rings. The highest BCUT2D eigenvalue weighted by Gasteiger charge is 2.23. The molecule has 2 aliphatic rings. The summed E-state index contributed by atoms with van der Waals surface area (Å²) in [4.78, 5) is 13.8. The molecule has 2 heterocycles. The Hall–Kier alpha value is -2.12. The van der Waals surface area contributed by atoms with Gasteiger partial charge in [-0.15, -0.1) is 0 Å². The summed E-state index contributed by atoms with van der Waals surface area (Å²) in [6.45, 7) is 8.61. The Kier molecular flexibility index (Phi) is 8.71. The third-order valence-electron chi connectivity index (χ3n) is 7.18. The van der Waals surface area contributed by atoms with Crippen LogP contribution in [0.5, 0.6) is 0 Å². The highest BCUT2D eigenvalue weighted by molar-refractivity contribution is 5.83. The molecule has 1 aromatic heterocycles. The molecule has 4 rings (SSSR count). The summed E-state index contributed by atoms with van der Waals surface area (Å²) in [7, 11) is 1.78. The van der Waals surface area contributed by atoms with Gasteiger partial charge in [-0.25, -0.2) is 9.48 Å². The van der Waals surface area contributed by atoms with Gasteiger partial charge in [0.25, 0.3) is 0 Å². The molecule has 7 nitrogen and oxygen atoms in total. The van der Waals surface area contributed by atoms with Crippen LogP contribution in [0.15, 0.2) is 18.2 Å². The van der Waals surface area contributed by atoms with Gasteiger partial charge in [0.15, 0.2) is 6.23 Å². The Bertz CT molecular complexity index is 968. The summed E-state index contributed by atoms with van der Waals surface area (Å²) < 4.78 is 13.7. The first-order valence-corrected chi connectivity index (χ1v) is 13.6. The van der Waals surface area contributed by atoms with Crippen molar-refractivity contribution in [3.63, 3.8) is 0 Å². The minimum atomic E-state index is -0.475. The number of amides is 1. The number of hydrogen-bond donors (Lipinski definition) is 1. The number of rotatable bonds is 8. The van der Waals surface area contributed by atoms with Crippen LogP contribution in [0, 0.1) is 0 Å². The minimum Gasteiger partial charge on any atom is -0.444 e. The lowest BCUT2D eigenvalue weighted by Crippen LogP contribution is -2.38. The van der Waals surface area contributed by atoms with Crippen LogP contribution in [0.3, 0.4) is 0 Å². The Morgan fingerprint density at radius 3 is 2.63 bits per heavy atom. The molecule has 1 atom stereocenters. The van der Waals surface area contributed by atoms with Gasteiger partial charge in [0, 0.05) is 45.1 Å². The normalized spacial score (nSPS) is 19.7. The number of nitrogens with one attached hydrogen (secondary N) is 1. The van der Waals surface area contributed by atoms with Gasteiger partial charge in [-0.3, -0.25) is 0 Å². The predicted octanol–water partition coefficient (Wildman–Crippen LogP) is 5.78. The van der Waals surface area contributed by atoms with Crippen molar-refractivity contribution < 1.29 is 14.3 Å². The smallest absolute Gasteiger partial charge is 0.410 e. The SMILES string of the molecule is CN(CCNCCc1nn(C2CCCCO2)c2ccc(C3CCCCC3)cc12)C(=O)OC(C)(C)C. The van der Waals surface area contributed by atoms with E-state index in [0.717, 1.165) is 38.1 Å². The number of benzene rings is 1. The van der Waals surface area contributed by atoms with Gasteiger partial charge in [-0.2, -0.15) is 5.10 Å². The fourth-order valence-corrected chi connectivity index (χ4v) is 5.24. The monoisotopic (exact) mass is 484 g/mol. The van der Waals surface area contributed by atoms with Crippen LogP contribution in [-0.4, -0.2) is 59.7 Å². The van der Waals surface area contributed by atoms with Gasteiger partial charge in [0.05, 0.1) is 11.2 Å². The van der Waals surface area contributed by atoms with Crippen LogP contribution in [0.25, 0.3) is 10.9 Å². The second-order valence-electron chi connectivity index (χ2n) is 11.2. The van der Waals surface area contributed by atoms with E-state index in [0.29, 0.717) is 19.0 Å². The number of fused-ring (bicyclic) bond motifs is 1. The number of nitrogens with zero attached hydrogens (tertiary/aromatic N) is 3. The highest BCUT2D eigenvalue weighted by atomic mass is 16.6. The molecule has 35 heavy (non-hydrogen) atoms. The van der Waals surface area contributed by atoms with Crippen molar-refractivity contribution in [2.75, 3.05) is 33.3 Å². The van der Waals surface area contributed by atoms with Crippen molar-refractivity contribution in [2.24, 2.45) is 0 Å². The molecule has 7 heteroatoms. The summed E-state index contributed by atoms with van der Waals surface area (Å²) in [5.74, 6) is 0.678. The predicted molar refractivity (Wildman–Crippen MR) is 140 cm³/mol. The molecule has 1 aliphatic carbocycles. The van der Waals surface area contributed by atoms with Gasteiger partial charge in [0.2, 0.25) is 0 Å². The zero-order valence-electron chi connectivity index (χ0n) is 22.1. The zero-order valence-corrected chi connectivity index (χ0v) is 22.1. The zero-order chi connectivity index (χ0) is 24.8. The molecular weight excluding hydrogens is 440 g/mol. The van der Waals surface area contributed by atoms with Crippen LogP contribution in [0.1, 0.15) is 95.5 Å². The third kappa shape index (κ3) is 6.98. The van der Waals surface area contributed by atoms with Gasteiger partial charge < -0.3 is 19.7 Å². The summed E-state index contributed by atoms with van der Waals surface area (Å²) in [5.41, 5.74) is 3.32. The van der Waals surface area contributed by atoms with Gasteiger partial charge in [-0.1, -0.05) is 25.3 Å². The molecule has 1 unspecified atom stereocenters. The first-order valence-electron chi connectivity index (χ1n) is 13.6. The number of carbonyl (C=O) groups excluding carboxylic acids is 1. The van der Waals surface area contributed by atoms with Crippen molar-refractivity contribution >= 4 is 17.0 Å². The van der Waals surface area contributed by atoms with E-state index in [1.165, 1.54) is 55.0 Å². The van der Waals surface area contributed by atoms with Crippen LogP contribution in [-0.2, 0) is 15.9 Å². The van der Waals surface area contributed by atoms with Gasteiger partial charge >= 0.3 is 6.09 Å². The van der Waals surface area contributed by atoms with E-state index in [2.05, 4.69) is 28.2 Å². The largest absolute Gasteiger partial charge is 0.444 e. The maximum atomic E-state index is 12.2. The summed E-state index contributed by atoms with van der Waals surface area (Å²) in [6, 6.07) is 7.01. The minimum absolute atomic E-state index is 0.0379. The van der Waals surface area contributed by atoms with Crippen LogP contribution in [0.4, 0.5) is 4.79 Å². The average molecular weight is 485 g/mol. The number of ether oxygens (including phenoxy) is 2. The highest BCUT2D eigenvalue weighted by Crippen LogP contribution is 2.36. The fraction of sp³-hybridized carbons (Fsp3) is 0.714. The quantitative estimate of drug-likeness (QED) is 0.481. The van der Waals surface area contributed by atoms with Crippen molar-refractivity contribution in [1.29, 1.82) is 0 Å². The standard InChI is InChI=1S/C28H44N4O3/c1-28(2,3)35-27(33)31(4)18-17-29-16-15-24-23-20-22(21-10-6-5-7-11-21)13-14-25(23)32(30-24)26-12-8-9-19-34-26/h13-14,20-21,26,29H,5-12,15-19H2,1-4H3. The topological polar surface area (TPSA) is 68.6 Å². The fourth-order valence-electron chi connectivity index (χ4n) is 5.24. The third-order valence-corrected chi connectivity index (χ3v) is 7.18. The van der Waals surface area contributed by atoms with Crippen LogP contribution < -0.4 is 5.32 Å². The van der Waals surface area contributed by atoms with Crippen molar-refractivity contribution in [3.8, 4) is 0 Å². The second-order valence-corrected chi connectivity index (χ2v) is 11.2. The summed E-state index contributed by atoms with van der Waals surface area (Å²) in [5, 5.41) is 9.82. The molecule has 1 aliphatic heterocycles. The average Bonchev–Trinajstić information content (AvgIpc) is 3.21. The number of hydrogen-bond acceptors (Lipinski definition) is 5. The molecule has 0 bridgehead atoms. The molecule has 1 aromatic carbocycles. The molecule has 0 spiro atoms. The van der Waals surface area contributed by atoms with Crippen LogP contribution in [0.2, 0.25) is 0 Å². The molecular formula is C28H44N4O3. The lowest BCUT2D eigenvalue weighted by atomic mass is 9.83. The van der Waals surface area contributed by atoms with E-state index in [4.69, 9.17) is 14.6 Å². The van der Waals surface area contributed by atoms with Crippen molar-refractivity contribution in [1.82, 2.24) is 20.0 Å². The first kappa shape index (κ1) is 26.0. The second kappa shape index (κ2) is 11.7. The van der Waals surface area contributed by atoms with E-state index >= 15 is 0 Å². The van der Waals surface area contributed by atoms with E-state index in [1.54, 1.807) is 11.9 Å². The van der Waals surface area contributed by atoms with Crippen molar-refractivity contribution in [3.05, 3.63) is 29.5 Å². The lowest BCUT2D eigenvalue weighted by molar-refractivity contribution is -0.0368. The molecule has 1 saturated heterocycles. The molecule has 1 N–H and O–H groups in total. The number of carbonyl (C=O) groups is 1. The number of aromatic nitrogens is 2. The molecule has 0 radical (unpaired) electrons. The van der Waals surface area contributed by atoms with E-state index < -0.39 is 5.60 Å². The number of likely N-dealkylation sites (N-methyl/N-ethyl adjacent to an activating group) is 1. The van der Waals surface area contributed by atoms with Gasteiger partial charge in [0.1, 0.15) is 5.60 Å². The lowest BCUT2D eigenvalue weighted by Gasteiger charge is -2.24.